The fourth-order valence-electron chi connectivity index (χ4n) is 3.32. The lowest BCUT2D eigenvalue weighted by atomic mass is 10.1. The molecule has 2 aromatic carbocycles. The summed E-state index contributed by atoms with van der Waals surface area (Å²) >= 11 is 3.51. The Balaban J connectivity index is 1.63. The van der Waals surface area contributed by atoms with Crippen LogP contribution < -0.4 is 4.74 Å². The summed E-state index contributed by atoms with van der Waals surface area (Å²) in [5.74, 6) is 0.942. The van der Waals surface area contributed by atoms with E-state index < -0.39 is 0 Å². The fraction of sp³-hybridized carbons (Fsp3) is 0.409. The molecule has 0 aromatic heterocycles. The summed E-state index contributed by atoms with van der Waals surface area (Å²) in [5, 5.41) is 0. The van der Waals surface area contributed by atoms with Gasteiger partial charge in [0.2, 0.25) is 5.91 Å². The predicted molar refractivity (Wildman–Crippen MR) is 112 cm³/mol. The van der Waals surface area contributed by atoms with Crippen LogP contribution in [0.25, 0.3) is 0 Å². The first kappa shape index (κ1) is 19.9. The minimum absolute atomic E-state index is 0.168. The molecule has 1 heterocycles. The number of carbonyl (C=O) groups is 1. The largest absolute Gasteiger partial charge is 0.489 e. The summed E-state index contributed by atoms with van der Waals surface area (Å²) in [7, 11) is 0. The van der Waals surface area contributed by atoms with E-state index in [9.17, 15) is 4.79 Å². The second-order valence-electron chi connectivity index (χ2n) is 7.21. The fourth-order valence-corrected chi connectivity index (χ4v) is 3.73. The molecular weight excluding hydrogens is 404 g/mol. The first-order valence-electron chi connectivity index (χ1n) is 9.50. The van der Waals surface area contributed by atoms with E-state index in [1.54, 1.807) is 0 Å². The van der Waals surface area contributed by atoms with Crippen molar-refractivity contribution < 1.29 is 9.53 Å². The molecular formula is C22H27BrN2O2. The van der Waals surface area contributed by atoms with Crippen molar-refractivity contribution in [2.24, 2.45) is 0 Å². The Labute approximate surface area is 170 Å². The van der Waals surface area contributed by atoms with Crippen LogP contribution in [-0.4, -0.2) is 47.9 Å². The highest BCUT2D eigenvalue weighted by molar-refractivity contribution is 9.10. The molecule has 27 heavy (non-hydrogen) atoms. The number of hydrogen-bond donors (Lipinski definition) is 0. The van der Waals surface area contributed by atoms with Gasteiger partial charge in [-0.05, 0) is 37.6 Å². The van der Waals surface area contributed by atoms with Crippen molar-refractivity contribution in [3.05, 3.63) is 64.1 Å². The molecule has 1 aliphatic heterocycles. The standard InChI is InChI=1S/C22H27BrN2O2/c1-17(2)24-10-12-25(13-11-24)22(26)15-19-14-20(23)8-9-21(19)27-16-18-6-4-3-5-7-18/h3-9,14,17H,10-13,15-16H2,1-2H3. The van der Waals surface area contributed by atoms with Crippen molar-refractivity contribution in [3.8, 4) is 5.75 Å². The van der Waals surface area contributed by atoms with Crippen LogP contribution in [0.5, 0.6) is 5.75 Å². The van der Waals surface area contributed by atoms with E-state index in [-0.39, 0.29) is 5.91 Å². The predicted octanol–water partition coefficient (Wildman–Crippen LogP) is 4.12. The lowest BCUT2D eigenvalue weighted by Crippen LogP contribution is -2.51. The molecule has 5 heteroatoms. The highest BCUT2D eigenvalue weighted by atomic mass is 79.9. The molecule has 0 radical (unpaired) electrons. The van der Waals surface area contributed by atoms with Crippen LogP contribution in [0, 0.1) is 0 Å². The van der Waals surface area contributed by atoms with Crippen molar-refractivity contribution in [1.82, 2.24) is 9.80 Å². The summed E-state index contributed by atoms with van der Waals surface area (Å²) in [6.07, 6.45) is 0.366. The first-order chi connectivity index (χ1) is 13.0. The lowest BCUT2D eigenvalue weighted by Gasteiger charge is -2.37. The van der Waals surface area contributed by atoms with Gasteiger partial charge in [0, 0.05) is 42.3 Å². The van der Waals surface area contributed by atoms with Gasteiger partial charge in [0.1, 0.15) is 12.4 Å². The Bertz CT molecular complexity index is 756. The van der Waals surface area contributed by atoms with Crippen LogP contribution in [0.4, 0.5) is 0 Å². The molecule has 144 valence electrons. The molecule has 3 rings (SSSR count). The van der Waals surface area contributed by atoms with E-state index in [4.69, 9.17) is 4.74 Å². The Morgan fingerprint density at radius 3 is 2.44 bits per heavy atom. The van der Waals surface area contributed by atoms with E-state index >= 15 is 0 Å². The van der Waals surface area contributed by atoms with Gasteiger partial charge in [-0.2, -0.15) is 0 Å². The summed E-state index contributed by atoms with van der Waals surface area (Å²) in [5.41, 5.74) is 2.04. The van der Waals surface area contributed by atoms with E-state index in [1.807, 2.05) is 53.4 Å². The zero-order valence-electron chi connectivity index (χ0n) is 16.0. The van der Waals surface area contributed by atoms with Crippen molar-refractivity contribution in [2.45, 2.75) is 32.9 Å². The van der Waals surface area contributed by atoms with Crippen molar-refractivity contribution in [1.29, 1.82) is 0 Å². The van der Waals surface area contributed by atoms with Crippen molar-refractivity contribution in [3.63, 3.8) is 0 Å². The molecule has 2 aromatic rings. The quantitative estimate of drug-likeness (QED) is 0.690. The minimum Gasteiger partial charge on any atom is -0.489 e. The Hall–Kier alpha value is -1.85. The van der Waals surface area contributed by atoms with Gasteiger partial charge >= 0.3 is 0 Å². The van der Waals surface area contributed by atoms with Gasteiger partial charge in [-0.1, -0.05) is 46.3 Å². The molecule has 1 amide bonds. The third kappa shape index (κ3) is 5.56. The number of piperazine rings is 1. The summed E-state index contributed by atoms with van der Waals surface area (Å²) < 4.78 is 6.98. The van der Waals surface area contributed by atoms with E-state index in [2.05, 4.69) is 34.7 Å². The monoisotopic (exact) mass is 430 g/mol. The Kier molecular flexibility index (Phi) is 6.91. The molecule has 0 unspecified atom stereocenters. The molecule has 1 fully saturated rings. The number of hydrogen-bond acceptors (Lipinski definition) is 3. The third-order valence-corrected chi connectivity index (χ3v) is 5.49. The second kappa shape index (κ2) is 9.38. The molecule has 0 saturated carbocycles. The smallest absolute Gasteiger partial charge is 0.227 e. The molecule has 4 nitrogen and oxygen atoms in total. The third-order valence-electron chi connectivity index (χ3n) is 5.00. The lowest BCUT2D eigenvalue weighted by molar-refractivity contribution is -0.132. The average Bonchev–Trinajstić information content (AvgIpc) is 2.68. The van der Waals surface area contributed by atoms with Crippen LogP contribution in [-0.2, 0) is 17.8 Å². The summed E-state index contributed by atoms with van der Waals surface area (Å²) in [6, 6.07) is 16.5. The van der Waals surface area contributed by atoms with Gasteiger partial charge in [0.25, 0.3) is 0 Å². The number of rotatable bonds is 6. The molecule has 1 saturated heterocycles. The van der Waals surface area contributed by atoms with Crippen LogP contribution >= 0.6 is 15.9 Å². The Morgan fingerprint density at radius 1 is 1.07 bits per heavy atom. The number of nitrogens with zero attached hydrogens (tertiary/aromatic N) is 2. The van der Waals surface area contributed by atoms with Gasteiger partial charge in [-0.25, -0.2) is 0 Å². The SMILES string of the molecule is CC(C)N1CCN(C(=O)Cc2cc(Br)ccc2OCc2ccccc2)CC1. The van der Waals surface area contributed by atoms with Gasteiger partial charge < -0.3 is 9.64 Å². The average molecular weight is 431 g/mol. The van der Waals surface area contributed by atoms with E-state index in [0.29, 0.717) is 19.1 Å². The van der Waals surface area contributed by atoms with Crippen LogP contribution in [0.15, 0.2) is 53.0 Å². The second-order valence-corrected chi connectivity index (χ2v) is 8.13. The zero-order valence-corrected chi connectivity index (χ0v) is 17.6. The molecule has 0 bridgehead atoms. The van der Waals surface area contributed by atoms with E-state index in [1.165, 1.54) is 0 Å². The topological polar surface area (TPSA) is 32.8 Å². The van der Waals surface area contributed by atoms with Crippen LogP contribution in [0.3, 0.4) is 0 Å². The summed E-state index contributed by atoms with van der Waals surface area (Å²) in [4.78, 5) is 17.2. The van der Waals surface area contributed by atoms with Gasteiger partial charge in [0.15, 0.2) is 0 Å². The number of halogens is 1. The highest BCUT2D eigenvalue weighted by Gasteiger charge is 2.23. The molecule has 0 atom stereocenters. The number of ether oxygens (including phenoxy) is 1. The number of amides is 1. The van der Waals surface area contributed by atoms with E-state index in [0.717, 1.165) is 47.5 Å². The highest BCUT2D eigenvalue weighted by Crippen LogP contribution is 2.25. The minimum atomic E-state index is 0.168. The summed E-state index contributed by atoms with van der Waals surface area (Å²) in [6.45, 7) is 8.39. The maximum Gasteiger partial charge on any atom is 0.227 e. The molecule has 0 N–H and O–H groups in total. The van der Waals surface area contributed by atoms with Gasteiger partial charge in [0.05, 0.1) is 6.42 Å². The zero-order chi connectivity index (χ0) is 19.2. The molecule has 0 spiro atoms. The maximum atomic E-state index is 12.8. The van der Waals surface area contributed by atoms with Gasteiger partial charge in [-0.3, -0.25) is 9.69 Å². The number of benzene rings is 2. The first-order valence-corrected chi connectivity index (χ1v) is 10.3. The van der Waals surface area contributed by atoms with Crippen LogP contribution in [0.2, 0.25) is 0 Å². The van der Waals surface area contributed by atoms with Gasteiger partial charge in [-0.15, -0.1) is 0 Å². The maximum absolute atomic E-state index is 12.8. The normalized spacial score (nSPS) is 15.2. The van der Waals surface area contributed by atoms with Crippen molar-refractivity contribution >= 4 is 21.8 Å². The molecule has 1 aliphatic rings. The number of carbonyl (C=O) groups excluding carboxylic acids is 1. The Morgan fingerprint density at radius 2 is 1.78 bits per heavy atom. The molecule has 0 aliphatic carbocycles. The van der Waals surface area contributed by atoms with Crippen molar-refractivity contribution in [2.75, 3.05) is 26.2 Å². The van der Waals surface area contributed by atoms with Crippen LogP contribution in [0.1, 0.15) is 25.0 Å².